The largest absolute Gasteiger partial charge is 0.492 e. The summed E-state index contributed by atoms with van der Waals surface area (Å²) in [4.78, 5) is 39.7. The van der Waals surface area contributed by atoms with Gasteiger partial charge in [0.2, 0.25) is 5.91 Å². The van der Waals surface area contributed by atoms with Crippen molar-refractivity contribution in [3.63, 3.8) is 0 Å². The number of fused-ring (bicyclic) bond motifs is 4. The van der Waals surface area contributed by atoms with Gasteiger partial charge in [0.15, 0.2) is 0 Å². The molecule has 2 amide bonds. The van der Waals surface area contributed by atoms with Crippen molar-refractivity contribution in [1.29, 1.82) is 0 Å². The standard InChI is InChI=1S/C36H43N9O3/c1-28-24-29(2)45(40-28)32-13-11-30(12-14-32)36(47)43-17-4-3-16-41(34(46)10-6-20-44-27-37-26-39-44)22-23-48-33-9-5-8-31(25-33)35-38-15-21-42(35)18-7-19-43/h5,8-9,11-15,21,24-27H,3-4,6-7,10,16-20,22-23H2,1-2H3. The second kappa shape index (κ2) is 15.6. The monoisotopic (exact) mass is 649 g/mol. The van der Waals surface area contributed by atoms with Crippen molar-refractivity contribution in [1.82, 2.24) is 43.9 Å². The lowest BCUT2D eigenvalue weighted by molar-refractivity contribution is -0.131. The number of carbonyl (C=O) groups excluding carboxylic acids is 2. The molecule has 3 aromatic heterocycles. The van der Waals surface area contributed by atoms with E-state index in [1.165, 1.54) is 6.33 Å². The molecule has 1 aliphatic heterocycles. The molecule has 1 aliphatic rings. The first kappa shape index (κ1) is 32.7. The fraction of sp³-hybridized carbons (Fsp3) is 0.389. The third-order valence-corrected chi connectivity index (χ3v) is 8.62. The maximum Gasteiger partial charge on any atom is 0.253 e. The van der Waals surface area contributed by atoms with Gasteiger partial charge < -0.3 is 19.1 Å². The summed E-state index contributed by atoms with van der Waals surface area (Å²) >= 11 is 0. The highest BCUT2D eigenvalue weighted by Gasteiger charge is 2.19. The highest BCUT2D eigenvalue weighted by atomic mass is 16.5. The summed E-state index contributed by atoms with van der Waals surface area (Å²) in [6, 6.07) is 17.6. The van der Waals surface area contributed by atoms with Crippen molar-refractivity contribution < 1.29 is 14.3 Å². The molecule has 250 valence electrons. The zero-order valence-corrected chi connectivity index (χ0v) is 27.7. The predicted octanol–water partition coefficient (Wildman–Crippen LogP) is 4.96. The number of hydrogen-bond donors (Lipinski definition) is 0. The number of ether oxygens (including phenoxy) is 1. The van der Waals surface area contributed by atoms with E-state index in [2.05, 4.69) is 24.7 Å². The number of hydrogen-bond acceptors (Lipinski definition) is 7. The van der Waals surface area contributed by atoms with Crippen LogP contribution in [0.25, 0.3) is 17.1 Å². The lowest BCUT2D eigenvalue weighted by Crippen LogP contribution is -2.37. The van der Waals surface area contributed by atoms with Gasteiger partial charge in [0, 0.05) is 68.4 Å². The van der Waals surface area contributed by atoms with E-state index in [1.54, 1.807) is 17.2 Å². The number of carbonyl (C=O) groups is 2. The Morgan fingerprint density at radius 3 is 2.48 bits per heavy atom. The molecular formula is C36H43N9O3. The van der Waals surface area contributed by atoms with E-state index >= 15 is 0 Å². The Morgan fingerprint density at radius 1 is 0.896 bits per heavy atom. The lowest BCUT2D eigenvalue weighted by Gasteiger charge is -2.25. The maximum atomic E-state index is 13.9. The Bertz CT molecular complexity index is 1790. The van der Waals surface area contributed by atoms with Crippen LogP contribution >= 0.6 is 0 Å². The Morgan fingerprint density at radius 2 is 1.71 bits per heavy atom. The summed E-state index contributed by atoms with van der Waals surface area (Å²) in [5.74, 6) is 1.68. The number of aryl methyl sites for hydroxylation is 4. The molecular weight excluding hydrogens is 606 g/mol. The average Bonchev–Trinajstić information content (AvgIpc) is 3.86. The minimum absolute atomic E-state index is 0.000772. The van der Waals surface area contributed by atoms with Crippen molar-refractivity contribution in [3.8, 4) is 22.8 Å². The summed E-state index contributed by atoms with van der Waals surface area (Å²) < 4.78 is 11.9. The van der Waals surface area contributed by atoms with Gasteiger partial charge >= 0.3 is 0 Å². The molecule has 2 aromatic carbocycles. The Kier molecular flexibility index (Phi) is 10.6. The zero-order chi connectivity index (χ0) is 33.3. The van der Waals surface area contributed by atoms with Gasteiger partial charge in [-0.2, -0.15) is 10.2 Å². The van der Waals surface area contributed by atoms with Gasteiger partial charge in [-0.15, -0.1) is 0 Å². The molecule has 0 unspecified atom stereocenters. The highest BCUT2D eigenvalue weighted by Crippen LogP contribution is 2.23. The van der Waals surface area contributed by atoms with Gasteiger partial charge in [-0.05, 0) is 82.0 Å². The molecule has 0 aliphatic carbocycles. The van der Waals surface area contributed by atoms with Crippen LogP contribution in [-0.4, -0.2) is 88.5 Å². The Hall–Kier alpha value is -5.26. The fourth-order valence-corrected chi connectivity index (χ4v) is 6.18. The van der Waals surface area contributed by atoms with Crippen LogP contribution in [0.1, 0.15) is 53.8 Å². The van der Waals surface area contributed by atoms with Gasteiger partial charge in [0.25, 0.3) is 5.91 Å². The third-order valence-electron chi connectivity index (χ3n) is 8.62. The first-order valence-electron chi connectivity index (χ1n) is 16.7. The van der Waals surface area contributed by atoms with E-state index in [4.69, 9.17) is 4.74 Å². The smallest absolute Gasteiger partial charge is 0.253 e. The number of aromatic nitrogens is 7. The van der Waals surface area contributed by atoms with Crippen LogP contribution in [0, 0.1) is 13.8 Å². The summed E-state index contributed by atoms with van der Waals surface area (Å²) in [5.41, 5.74) is 4.52. The molecule has 12 nitrogen and oxygen atoms in total. The topological polar surface area (TPSA) is 116 Å². The molecule has 0 spiro atoms. The van der Waals surface area contributed by atoms with Gasteiger partial charge in [-0.3, -0.25) is 14.3 Å². The van der Waals surface area contributed by atoms with E-state index in [9.17, 15) is 9.59 Å². The molecule has 0 N–H and O–H groups in total. The molecule has 0 radical (unpaired) electrons. The van der Waals surface area contributed by atoms with Gasteiger partial charge in [0.1, 0.15) is 30.8 Å². The van der Waals surface area contributed by atoms with E-state index < -0.39 is 0 Å². The van der Waals surface area contributed by atoms with Gasteiger partial charge in [-0.1, -0.05) is 12.1 Å². The molecule has 48 heavy (non-hydrogen) atoms. The number of nitrogens with zero attached hydrogens (tertiary/aromatic N) is 9. The normalized spacial score (nSPS) is 14.6. The fourth-order valence-electron chi connectivity index (χ4n) is 6.18. The first-order chi connectivity index (χ1) is 23.4. The van der Waals surface area contributed by atoms with Crippen molar-refractivity contribution in [2.24, 2.45) is 0 Å². The van der Waals surface area contributed by atoms with Crippen molar-refractivity contribution in [2.75, 3.05) is 32.8 Å². The molecule has 0 fully saturated rings. The van der Waals surface area contributed by atoms with Crippen LogP contribution in [0.4, 0.5) is 0 Å². The molecule has 6 rings (SSSR count). The minimum atomic E-state index is 0.000772. The number of amides is 2. The molecule has 12 heteroatoms. The number of imidazole rings is 1. The van der Waals surface area contributed by atoms with Crippen LogP contribution in [0.15, 0.2) is 79.6 Å². The Labute approximate surface area is 281 Å². The van der Waals surface area contributed by atoms with Crippen LogP contribution < -0.4 is 4.74 Å². The quantitative estimate of drug-likeness (QED) is 0.255. The molecule has 0 saturated heterocycles. The number of rotatable bonds is 6. The second-order valence-electron chi connectivity index (χ2n) is 12.2. The van der Waals surface area contributed by atoms with Gasteiger partial charge in [-0.25, -0.2) is 14.6 Å². The summed E-state index contributed by atoms with van der Waals surface area (Å²) in [6.07, 6.45) is 10.4. The lowest BCUT2D eigenvalue weighted by atomic mass is 10.1. The molecule has 2 bridgehead atoms. The van der Waals surface area contributed by atoms with Crippen LogP contribution in [0.3, 0.4) is 0 Å². The summed E-state index contributed by atoms with van der Waals surface area (Å²) in [5, 5.41) is 8.72. The van der Waals surface area contributed by atoms with E-state index in [1.807, 2.05) is 89.1 Å². The van der Waals surface area contributed by atoms with Gasteiger partial charge in [0.05, 0.1) is 17.9 Å². The summed E-state index contributed by atoms with van der Waals surface area (Å²) in [6.45, 7) is 8.01. The highest BCUT2D eigenvalue weighted by molar-refractivity contribution is 5.94. The molecule has 4 heterocycles. The predicted molar refractivity (Wildman–Crippen MR) is 182 cm³/mol. The van der Waals surface area contributed by atoms with E-state index in [0.717, 1.165) is 60.0 Å². The minimum Gasteiger partial charge on any atom is -0.492 e. The molecule has 5 aromatic rings. The van der Waals surface area contributed by atoms with Crippen LogP contribution in [-0.2, 0) is 17.9 Å². The Balaban J connectivity index is 1.18. The van der Waals surface area contributed by atoms with Crippen molar-refractivity contribution >= 4 is 11.8 Å². The zero-order valence-electron chi connectivity index (χ0n) is 27.7. The van der Waals surface area contributed by atoms with Crippen LogP contribution in [0.2, 0.25) is 0 Å². The second-order valence-corrected chi connectivity index (χ2v) is 12.2. The van der Waals surface area contributed by atoms with Crippen molar-refractivity contribution in [3.05, 3.63) is 96.6 Å². The third kappa shape index (κ3) is 8.17. The van der Waals surface area contributed by atoms with Crippen LogP contribution in [0.5, 0.6) is 5.75 Å². The first-order valence-corrected chi connectivity index (χ1v) is 16.7. The SMILES string of the molecule is Cc1cc(C)n(-c2ccc(C(=O)N3CCCCN(C(=O)CCCn4cncn4)CCOc4cccc(c4)-c4nccn4CCC3)cc2)n1. The number of benzene rings is 2. The molecule has 0 atom stereocenters. The maximum absolute atomic E-state index is 13.9. The summed E-state index contributed by atoms with van der Waals surface area (Å²) in [7, 11) is 0. The van der Waals surface area contributed by atoms with E-state index in [0.29, 0.717) is 57.7 Å². The van der Waals surface area contributed by atoms with E-state index in [-0.39, 0.29) is 11.8 Å². The molecule has 0 saturated carbocycles. The average molecular weight is 650 g/mol. The van der Waals surface area contributed by atoms with Crippen molar-refractivity contribution in [2.45, 2.75) is 59.0 Å².